The lowest BCUT2D eigenvalue weighted by atomic mass is 10.1. The molecule has 1 atom stereocenters. The summed E-state index contributed by atoms with van der Waals surface area (Å²) in [6, 6.07) is 12.8. The Labute approximate surface area is 123 Å². The molecular weight excluding hydrogens is 297 g/mol. The standard InChI is InChI=1S/C14H12FNO4S/c15-21(18)20-13-7-5-12(6-8-13)19-9-10-1-3-11(4-2-10)14(16)17/h1-8H,9H2,(H2,16,17). The summed E-state index contributed by atoms with van der Waals surface area (Å²) >= 11 is -2.84. The first-order chi connectivity index (χ1) is 10.0. The third kappa shape index (κ3) is 4.57. The van der Waals surface area contributed by atoms with Gasteiger partial charge in [0, 0.05) is 5.56 Å². The van der Waals surface area contributed by atoms with Gasteiger partial charge in [0.2, 0.25) is 5.91 Å². The van der Waals surface area contributed by atoms with E-state index < -0.39 is 17.4 Å². The molecule has 0 saturated carbocycles. The maximum Gasteiger partial charge on any atom is 0.401 e. The number of carbonyl (C=O) groups excluding carboxylic acids is 1. The molecule has 21 heavy (non-hydrogen) atoms. The zero-order valence-corrected chi connectivity index (χ0v) is 11.6. The molecular formula is C14H12FNO4S. The summed E-state index contributed by atoms with van der Waals surface area (Å²) in [6.45, 7) is 0.300. The minimum Gasteiger partial charge on any atom is -0.489 e. The lowest BCUT2D eigenvalue weighted by Gasteiger charge is -2.07. The van der Waals surface area contributed by atoms with Crippen molar-refractivity contribution in [3.63, 3.8) is 0 Å². The van der Waals surface area contributed by atoms with E-state index in [-0.39, 0.29) is 5.75 Å². The second-order valence-electron chi connectivity index (χ2n) is 4.10. The molecule has 2 rings (SSSR count). The fourth-order valence-corrected chi connectivity index (χ4v) is 1.86. The number of primary amides is 1. The molecule has 2 aromatic rings. The van der Waals surface area contributed by atoms with Gasteiger partial charge in [-0.05, 0) is 42.0 Å². The van der Waals surface area contributed by atoms with Crippen LogP contribution in [0.15, 0.2) is 48.5 Å². The van der Waals surface area contributed by atoms with E-state index in [0.29, 0.717) is 17.9 Å². The second-order valence-corrected chi connectivity index (χ2v) is 4.65. The van der Waals surface area contributed by atoms with Crippen LogP contribution < -0.4 is 14.7 Å². The van der Waals surface area contributed by atoms with Gasteiger partial charge in [-0.2, -0.15) is 4.21 Å². The number of amides is 1. The molecule has 2 N–H and O–H groups in total. The van der Waals surface area contributed by atoms with Gasteiger partial charge >= 0.3 is 11.5 Å². The SMILES string of the molecule is NC(=O)c1ccc(COc2ccc(OS(=O)F)cc2)cc1. The Balaban J connectivity index is 1.93. The van der Waals surface area contributed by atoms with Gasteiger partial charge in [0.25, 0.3) is 0 Å². The van der Waals surface area contributed by atoms with Crippen LogP contribution in [0.2, 0.25) is 0 Å². The van der Waals surface area contributed by atoms with Crippen molar-refractivity contribution in [3.8, 4) is 11.5 Å². The van der Waals surface area contributed by atoms with E-state index in [4.69, 9.17) is 10.5 Å². The first-order valence-electron chi connectivity index (χ1n) is 5.92. The van der Waals surface area contributed by atoms with Crippen LogP contribution in [0.4, 0.5) is 3.89 Å². The van der Waals surface area contributed by atoms with Gasteiger partial charge in [-0.3, -0.25) is 4.79 Å². The Kier molecular flexibility index (Phi) is 4.89. The van der Waals surface area contributed by atoms with E-state index in [9.17, 15) is 12.9 Å². The summed E-state index contributed by atoms with van der Waals surface area (Å²) < 4.78 is 32.3. The molecule has 0 aromatic heterocycles. The van der Waals surface area contributed by atoms with Gasteiger partial charge in [0.1, 0.15) is 18.1 Å². The summed E-state index contributed by atoms with van der Waals surface area (Å²) in [5.41, 5.74) is 6.44. The fourth-order valence-electron chi connectivity index (χ4n) is 1.60. The molecule has 0 aliphatic carbocycles. The summed E-state index contributed by atoms with van der Waals surface area (Å²) in [6.07, 6.45) is 0. The van der Waals surface area contributed by atoms with E-state index in [2.05, 4.69) is 4.18 Å². The molecule has 0 radical (unpaired) electrons. The van der Waals surface area contributed by atoms with Gasteiger partial charge in [-0.15, -0.1) is 0 Å². The van der Waals surface area contributed by atoms with Crippen molar-refractivity contribution in [3.05, 3.63) is 59.7 Å². The highest BCUT2D eigenvalue weighted by atomic mass is 32.2. The average Bonchev–Trinajstić information content (AvgIpc) is 2.46. The zero-order chi connectivity index (χ0) is 15.2. The summed E-state index contributed by atoms with van der Waals surface area (Å²) in [5.74, 6) is 0.211. The van der Waals surface area contributed by atoms with Gasteiger partial charge in [-0.25, -0.2) is 0 Å². The topological polar surface area (TPSA) is 78.6 Å². The Bertz CT molecular complexity index is 643. The molecule has 0 saturated heterocycles. The van der Waals surface area contributed by atoms with Gasteiger partial charge in [-0.1, -0.05) is 16.0 Å². The van der Waals surface area contributed by atoms with Crippen LogP contribution in [0.1, 0.15) is 15.9 Å². The summed E-state index contributed by atoms with van der Waals surface area (Å²) in [5, 5.41) is 0. The third-order valence-electron chi connectivity index (χ3n) is 2.63. The van der Waals surface area contributed by atoms with Crippen LogP contribution >= 0.6 is 0 Å². The quantitative estimate of drug-likeness (QED) is 0.830. The highest BCUT2D eigenvalue weighted by Gasteiger charge is 2.02. The third-order valence-corrected chi connectivity index (χ3v) is 2.95. The van der Waals surface area contributed by atoms with E-state index in [1.165, 1.54) is 12.1 Å². The molecule has 0 aliphatic heterocycles. The first kappa shape index (κ1) is 15.0. The monoisotopic (exact) mass is 309 g/mol. The minimum absolute atomic E-state index is 0.147. The van der Waals surface area contributed by atoms with Gasteiger partial charge in [0.05, 0.1) is 0 Å². The number of benzene rings is 2. The molecule has 1 unspecified atom stereocenters. The van der Waals surface area contributed by atoms with Crippen LogP contribution in [0.25, 0.3) is 0 Å². The van der Waals surface area contributed by atoms with E-state index >= 15 is 0 Å². The van der Waals surface area contributed by atoms with Crippen molar-refractivity contribution in [1.29, 1.82) is 0 Å². The number of halogens is 1. The molecule has 1 amide bonds. The van der Waals surface area contributed by atoms with E-state index in [1.807, 2.05) is 0 Å². The van der Waals surface area contributed by atoms with Crippen molar-refractivity contribution in [2.24, 2.45) is 5.73 Å². The molecule has 5 nitrogen and oxygen atoms in total. The predicted molar refractivity (Wildman–Crippen MR) is 75.6 cm³/mol. The highest BCUT2D eigenvalue weighted by Crippen LogP contribution is 2.19. The normalized spacial score (nSPS) is 11.7. The minimum atomic E-state index is -2.84. The summed E-state index contributed by atoms with van der Waals surface area (Å²) in [4.78, 5) is 10.9. The first-order valence-corrected chi connectivity index (χ1v) is 6.90. The van der Waals surface area contributed by atoms with Crippen molar-refractivity contribution < 1.29 is 21.8 Å². The van der Waals surface area contributed by atoms with Crippen molar-refractivity contribution in [2.75, 3.05) is 0 Å². The average molecular weight is 309 g/mol. The summed E-state index contributed by atoms with van der Waals surface area (Å²) in [7, 11) is 0. The molecule has 110 valence electrons. The number of carbonyl (C=O) groups is 1. The smallest absolute Gasteiger partial charge is 0.401 e. The molecule has 2 aromatic carbocycles. The molecule has 0 fully saturated rings. The van der Waals surface area contributed by atoms with Crippen LogP contribution in [-0.4, -0.2) is 10.1 Å². The maximum atomic E-state index is 12.1. The van der Waals surface area contributed by atoms with Crippen molar-refractivity contribution in [2.45, 2.75) is 6.61 Å². The number of ether oxygens (including phenoxy) is 1. The Morgan fingerprint density at radius 1 is 1.05 bits per heavy atom. The molecule has 0 bridgehead atoms. The largest absolute Gasteiger partial charge is 0.489 e. The fraction of sp³-hybridized carbons (Fsp3) is 0.0714. The zero-order valence-electron chi connectivity index (χ0n) is 10.8. The number of hydrogen-bond acceptors (Lipinski definition) is 4. The Morgan fingerprint density at radius 2 is 1.62 bits per heavy atom. The van der Waals surface area contributed by atoms with E-state index in [1.54, 1.807) is 36.4 Å². The van der Waals surface area contributed by atoms with Crippen LogP contribution in [0, 0.1) is 0 Å². The van der Waals surface area contributed by atoms with Crippen molar-refractivity contribution >= 4 is 17.4 Å². The maximum absolute atomic E-state index is 12.1. The highest BCUT2D eigenvalue weighted by molar-refractivity contribution is 7.75. The lowest BCUT2D eigenvalue weighted by molar-refractivity contribution is 0.1000. The van der Waals surface area contributed by atoms with E-state index in [0.717, 1.165) is 5.56 Å². The predicted octanol–water partition coefficient (Wildman–Crippen LogP) is 2.29. The Morgan fingerprint density at radius 3 is 2.14 bits per heavy atom. The molecule has 0 heterocycles. The van der Waals surface area contributed by atoms with Gasteiger partial charge in [0.15, 0.2) is 0 Å². The van der Waals surface area contributed by atoms with Crippen LogP contribution in [0.5, 0.6) is 11.5 Å². The van der Waals surface area contributed by atoms with Crippen LogP contribution in [0.3, 0.4) is 0 Å². The number of rotatable bonds is 6. The lowest BCUT2D eigenvalue weighted by Crippen LogP contribution is -2.10. The van der Waals surface area contributed by atoms with Gasteiger partial charge < -0.3 is 14.7 Å². The number of hydrogen-bond donors (Lipinski definition) is 1. The molecule has 7 heteroatoms. The molecule has 0 spiro atoms. The Hall–Kier alpha value is -2.41. The second kappa shape index (κ2) is 6.85. The number of nitrogens with two attached hydrogens (primary N) is 1. The van der Waals surface area contributed by atoms with Crippen LogP contribution in [-0.2, 0) is 18.1 Å². The molecule has 0 aliphatic rings. The van der Waals surface area contributed by atoms with Crippen molar-refractivity contribution in [1.82, 2.24) is 0 Å².